The minimum absolute atomic E-state index is 0.271. The Labute approximate surface area is 283 Å². The topological polar surface area (TPSA) is 147 Å². The fourth-order valence-corrected chi connectivity index (χ4v) is 7.24. The van der Waals surface area contributed by atoms with Crippen LogP contribution in [-0.4, -0.2) is 92.6 Å². The van der Waals surface area contributed by atoms with Gasteiger partial charge in [-0.05, 0) is 59.0 Å². The lowest BCUT2D eigenvalue weighted by molar-refractivity contribution is -0.000668. The van der Waals surface area contributed by atoms with Crippen LogP contribution in [-0.2, 0) is 21.2 Å². The maximum absolute atomic E-state index is 12.2. The highest BCUT2D eigenvalue weighted by Crippen LogP contribution is 2.38. The summed E-state index contributed by atoms with van der Waals surface area (Å²) in [6.45, 7) is 7.28. The third kappa shape index (κ3) is 7.53. The van der Waals surface area contributed by atoms with Gasteiger partial charge in [-0.15, -0.1) is 0 Å². The van der Waals surface area contributed by atoms with Crippen LogP contribution in [0.4, 0.5) is 34.5 Å². The second-order valence-corrected chi connectivity index (χ2v) is 14.6. The van der Waals surface area contributed by atoms with E-state index >= 15 is 0 Å². The molecule has 0 aliphatic carbocycles. The Morgan fingerprint density at radius 3 is 2.49 bits per heavy atom. The average molecular weight is 727 g/mol. The second-order valence-electron chi connectivity index (χ2n) is 12.0. The van der Waals surface area contributed by atoms with Gasteiger partial charge in [0.15, 0.2) is 0 Å². The number of ether oxygens (including phenoxy) is 2. The number of nitrogens with zero attached hydrogens (tertiary/aromatic N) is 6. The zero-order valence-corrected chi connectivity index (χ0v) is 29.4. The first-order valence-corrected chi connectivity index (χ1v) is 18.3. The van der Waals surface area contributed by atoms with Crippen LogP contribution in [0.25, 0.3) is 11.0 Å². The molecule has 2 aliphatic rings. The lowest BCUT2D eigenvalue weighted by atomic mass is 9.93. The van der Waals surface area contributed by atoms with Crippen molar-refractivity contribution in [2.75, 3.05) is 73.5 Å². The van der Waals surface area contributed by atoms with E-state index in [1.165, 1.54) is 17.4 Å². The predicted molar refractivity (Wildman–Crippen MR) is 189 cm³/mol. The highest BCUT2D eigenvalue weighted by Gasteiger charge is 2.34. The Morgan fingerprint density at radius 1 is 1.02 bits per heavy atom. The number of benzene rings is 2. The van der Waals surface area contributed by atoms with Gasteiger partial charge in [0.05, 0.1) is 47.0 Å². The van der Waals surface area contributed by atoms with E-state index in [0.29, 0.717) is 50.7 Å². The number of aromatic nitrogens is 4. The van der Waals surface area contributed by atoms with Crippen molar-refractivity contribution in [3.63, 3.8) is 0 Å². The molecule has 3 N–H and O–H groups in total. The fourth-order valence-electron chi connectivity index (χ4n) is 6.37. The smallest absolute Gasteiger partial charge is 0.229 e. The van der Waals surface area contributed by atoms with E-state index in [0.717, 1.165) is 64.0 Å². The summed E-state index contributed by atoms with van der Waals surface area (Å²) in [5, 5.41) is 6.57. The summed E-state index contributed by atoms with van der Waals surface area (Å²) in [4.78, 5) is 22.9. The maximum Gasteiger partial charge on any atom is 0.229 e. The maximum atomic E-state index is 12.2. The highest BCUT2D eigenvalue weighted by atomic mass is 79.9. The molecule has 4 heterocycles. The Hall–Kier alpha value is -3.79. The standard InChI is InChI=1S/C32H40BrN9O4S/c1-5-21-14-26(28(46-3)15-27(21)41-12-8-22(9-13-41)42-17-20(18-42)19-45-2)38-32-36-16-23(33)31(39-32)37-25-7-6-24-29(35-11-10-34-24)30(25)40-47(4,43)44/h6-7,10-11,14-16,20,22,40H,5,8-9,12-13,17-19H2,1-4H3,(H2,36,37,38,39). The van der Waals surface area contributed by atoms with Crippen molar-refractivity contribution in [1.82, 2.24) is 24.8 Å². The van der Waals surface area contributed by atoms with Gasteiger partial charge >= 0.3 is 0 Å². The molecule has 4 aromatic rings. The minimum Gasteiger partial charge on any atom is -0.494 e. The van der Waals surface area contributed by atoms with Gasteiger partial charge in [0, 0.05) is 75.6 Å². The largest absolute Gasteiger partial charge is 0.494 e. The summed E-state index contributed by atoms with van der Waals surface area (Å²) >= 11 is 3.52. The van der Waals surface area contributed by atoms with Crippen molar-refractivity contribution in [2.24, 2.45) is 5.92 Å². The SMILES string of the molecule is CCc1cc(Nc2ncc(Br)c(Nc3ccc4nccnc4c3NS(C)(=O)=O)n2)c(OC)cc1N1CCC(N2CC(COC)C2)CC1. The van der Waals surface area contributed by atoms with Crippen LogP contribution in [0.5, 0.6) is 5.75 Å². The number of fused-ring (bicyclic) bond motifs is 1. The van der Waals surface area contributed by atoms with Crippen molar-refractivity contribution >= 4 is 71.5 Å². The summed E-state index contributed by atoms with van der Waals surface area (Å²) in [5.74, 6) is 2.12. The number of hydrogen-bond donors (Lipinski definition) is 3. The number of piperidine rings is 1. The van der Waals surface area contributed by atoms with E-state index < -0.39 is 10.0 Å². The molecule has 15 heteroatoms. The number of hydrogen-bond acceptors (Lipinski definition) is 12. The first-order valence-electron chi connectivity index (χ1n) is 15.6. The number of sulfonamides is 1. The molecular formula is C32H40BrN9O4S. The molecule has 0 amide bonds. The number of rotatable bonds is 12. The predicted octanol–water partition coefficient (Wildman–Crippen LogP) is 5.16. The van der Waals surface area contributed by atoms with Gasteiger partial charge in [0.2, 0.25) is 16.0 Å². The van der Waals surface area contributed by atoms with Crippen LogP contribution in [0.2, 0.25) is 0 Å². The van der Waals surface area contributed by atoms with Crippen LogP contribution in [0.1, 0.15) is 25.3 Å². The van der Waals surface area contributed by atoms with E-state index in [-0.39, 0.29) is 5.69 Å². The van der Waals surface area contributed by atoms with Gasteiger partial charge in [0.25, 0.3) is 0 Å². The highest BCUT2D eigenvalue weighted by molar-refractivity contribution is 9.10. The van der Waals surface area contributed by atoms with Gasteiger partial charge < -0.3 is 25.0 Å². The zero-order chi connectivity index (χ0) is 33.1. The van der Waals surface area contributed by atoms with Crippen LogP contribution in [0.3, 0.4) is 0 Å². The Balaban J connectivity index is 1.21. The van der Waals surface area contributed by atoms with Gasteiger partial charge in [-0.1, -0.05) is 6.92 Å². The molecule has 0 saturated carbocycles. The molecule has 0 atom stereocenters. The first-order chi connectivity index (χ1) is 22.6. The normalized spacial score (nSPS) is 16.2. The molecule has 0 spiro atoms. The molecule has 2 aromatic carbocycles. The van der Waals surface area contributed by atoms with Crippen molar-refractivity contribution in [3.8, 4) is 5.75 Å². The minimum atomic E-state index is -3.62. The molecule has 2 aromatic heterocycles. The average Bonchev–Trinajstić information content (AvgIpc) is 3.04. The molecule has 0 radical (unpaired) electrons. The summed E-state index contributed by atoms with van der Waals surface area (Å²) in [6, 6.07) is 8.34. The number of aryl methyl sites for hydroxylation is 1. The number of anilines is 6. The number of likely N-dealkylation sites (tertiary alicyclic amines) is 1. The molecule has 2 aliphatic heterocycles. The molecule has 2 fully saturated rings. The fraction of sp³-hybridized carbons (Fsp3) is 0.438. The Bertz CT molecular complexity index is 1850. The Kier molecular flexibility index (Phi) is 9.96. The third-order valence-corrected chi connectivity index (χ3v) is 9.82. The van der Waals surface area contributed by atoms with Gasteiger partial charge in [-0.25, -0.2) is 13.4 Å². The molecule has 6 rings (SSSR count). The van der Waals surface area contributed by atoms with Gasteiger partial charge in [0.1, 0.15) is 17.1 Å². The van der Waals surface area contributed by atoms with E-state index in [1.807, 2.05) is 0 Å². The van der Waals surface area contributed by atoms with Crippen molar-refractivity contribution in [3.05, 3.63) is 52.9 Å². The van der Waals surface area contributed by atoms with Gasteiger partial charge in [-0.2, -0.15) is 4.98 Å². The van der Waals surface area contributed by atoms with E-state index in [4.69, 9.17) is 14.5 Å². The molecule has 47 heavy (non-hydrogen) atoms. The van der Waals surface area contributed by atoms with E-state index in [2.05, 4.69) is 75.1 Å². The zero-order valence-electron chi connectivity index (χ0n) is 27.0. The lowest BCUT2D eigenvalue weighted by Crippen LogP contribution is -2.56. The summed E-state index contributed by atoms with van der Waals surface area (Å²) in [7, 11) is -0.171. The monoisotopic (exact) mass is 725 g/mol. The van der Waals surface area contributed by atoms with E-state index in [9.17, 15) is 8.42 Å². The van der Waals surface area contributed by atoms with Crippen LogP contribution in [0, 0.1) is 5.92 Å². The summed E-state index contributed by atoms with van der Waals surface area (Å²) < 4.78 is 38.8. The van der Waals surface area contributed by atoms with Gasteiger partial charge in [-0.3, -0.25) is 19.6 Å². The molecule has 2 saturated heterocycles. The second kappa shape index (κ2) is 14.1. The first kappa shape index (κ1) is 33.1. The van der Waals surface area contributed by atoms with Crippen LogP contribution < -0.4 is 25.0 Å². The molecule has 250 valence electrons. The number of nitrogens with one attached hydrogen (secondary N) is 3. The third-order valence-electron chi connectivity index (χ3n) is 8.66. The molecular weight excluding hydrogens is 686 g/mol. The Morgan fingerprint density at radius 2 is 1.79 bits per heavy atom. The molecule has 0 unspecified atom stereocenters. The quantitative estimate of drug-likeness (QED) is 0.177. The molecule has 0 bridgehead atoms. The molecule has 13 nitrogen and oxygen atoms in total. The van der Waals surface area contributed by atoms with Crippen LogP contribution in [0.15, 0.2) is 47.3 Å². The lowest BCUT2D eigenvalue weighted by Gasteiger charge is -2.47. The van der Waals surface area contributed by atoms with Crippen LogP contribution >= 0.6 is 15.9 Å². The summed E-state index contributed by atoms with van der Waals surface area (Å²) in [6.07, 6.45) is 8.92. The van der Waals surface area contributed by atoms with E-state index in [1.54, 1.807) is 38.7 Å². The van der Waals surface area contributed by atoms with Crippen molar-refractivity contribution < 1.29 is 17.9 Å². The summed E-state index contributed by atoms with van der Waals surface area (Å²) in [5.41, 5.74) is 4.83. The number of halogens is 1. The van der Waals surface area contributed by atoms with Crippen molar-refractivity contribution in [2.45, 2.75) is 32.2 Å². The van der Waals surface area contributed by atoms with Crippen molar-refractivity contribution in [1.29, 1.82) is 0 Å². The number of methoxy groups -OCH3 is 2.